The van der Waals surface area contributed by atoms with Gasteiger partial charge in [0, 0.05) is 58.1 Å². The average molecular weight is 571 g/mol. The number of aromatic nitrogens is 1. The first-order chi connectivity index (χ1) is 15.7. The van der Waals surface area contributed by atoms with E-state index in [9.17, 15) is 0 Å². The lowest BCUT2D eigenvalue weighted by Crippen LogP contribution is -2.60. The van der Waals surface area contributed by atoms with Gasteiger partial charge in [0.2, 0.25) is 0 Å². The molecule has 2 saturated heterocycles. The van der Waals surface area contributed by atoms with E-state index in [1.165, 1.54) is 50.5 Å². The largest absolute Gasteiger partial charge is 0.379 e. The van der Waals surface area contributed by atoms with Gasteiger partial charge in [0.15, 0.2) is 5.96 Å². The van der Waals surface area contributed by atoms with Crippen molar-refractivity contribution in [1.82, 2.24) is 20.5 Å². The monoisotopic (exact) mass is 570 g/mol. The van der Waals surface area contributed by atoms with E-state index < -0.39 is 0 Å². The van der Waals surface area contributed by atoms with Crippen molar-refractivity contribution in [2.24, 2.45) is 10.9 Å². The molecule has 1 aromatic rings. The minimum absolute atomic E-state index is 0. The fourth-order valence-corrected chi connectivity index (χ4v) is 5.45. The van der Waals surface area contributed by atoms with E-state index in [2.05, 4.69) is 44.5 Å². The summed E-state index contributed by atoms with van der Waals surface area (Å²) in [5, 5.41) is 7.13. The van der Waals surface area contributed by atoms with Crippen molar-refractivity contribution in [2.75, 3.05) is 57.9 Å². The zero-order valence-electron chi connectivity index (χ0n) is 20.5. The molecule has 1 saturated carbocycles. The number of nitrogens with zero attached hydrogens (tertiary/aromatic N) is 4. The molecule has 2 aliphatic heterocycles. The number of piperidine rings is 1. The maximum Gasteiger partial charge on any atom is 0.191 e. The Morgan fingerprint density at radius 2 is 1.82 bits per heavy atom. The van der Waals surface area contributed by atoms with Crippen LogP contribution >= 0.6 is 24.0 Å². The molecule has 4 rings (SSSR count). The maximum atomic E-state index is 5.61. The van der Waals surface area contributed by atoms with Crippen molar-refractivity contribution >= 4 is 35.8 Å². The van der Waals surface area contributed by atoms with Crippen LogP contribution < -0.4 is 15.5 Å². The molecule has 1 aromatic heterocycles. The third-order valence-corrected chi connectivity index (χ3v) is 7.65. The van der Waals surface area contributed by atoms with Gasteiger partial charge in [0.25, 0.3) is 0 Å². The molecule has 0 bridgehead atoms. The van der Waals surface area contributed by atoms with Crippen LogP contribution in [0.4, 0.5) is 5.82 Å². The second-order valence-corrected chi connectivity index (χ2v) is 9.86. The lowest BCUT2D eigenvalue weighted by molar-refractivity contribution is -0.0352. The van der Waals surface area contributed by atoms with E-state index in [1.807, 2.05) is 13.2 Å². The predicted molar refractivity (Wildman–Crippen MR) is 147 cm³/mol. The van der Waals surface area contributed by atoms with E-state index in [0.717, 1.165) is 70.2 Å². The highest BCUT2D eigenvalue weighted by Gasteiger charge is 2.38. The van der Waals surface area contributed by atoms with Gasteiger partial charge in [-0.05, 0) is 43.2 Å². The van der Waals surface area contributed by atoms with Gasteiger partial charge in [-0.1, -0.05) is 32.3 Å². The van der Waals surface area contributed by atoms with Crippen LogP contribution in [-0.2, 0) is 11.3 Å². The van der Waals surface area contributed by atoms with E-state index >= 15 is 0 Å². The minimum Gasteiger partial charge on any atom is -0.379 e. The molecule has 3 fully saturated rings. The third kappa shape index (κ3) is 7.18. The van der Waals surface area contributed by atoms with Gasteiger partial charge in [0.1, 0.15) is 5.82 Å². The van der Waals surface area contributed by atoms with Crippen molar-refractivity contribution < 1.29 is 4.74 Å². The maximum absolute atomic E-state index is 5.61. The summed E-state index contributed by atoms with van der Waals surface area (Å²) in [6, 6.07) is 4.36. The standard InChI is InChI=1S/C25H42N6O.HI/c1-21-8-12-30(13-9-21)23-7-6-22(18-27-23)19-28-24(26-2)29-20-25(10-4-3-5-11-25)31-14-16-32-17-15-31;/h6-7,18,21H,3-5,8-17,19-20H2,1-2H3,(H2,26,28,29);1H. The summed E-state index contributed by atoms with van der Waals surface area (Å²) in [4.78, 5) is 14.3. The second-order valence-electron chi connectivity index (χ2n) is 9.86. The number of anilines is 1. The number of nitrogens with one attached hydrogen (secondary N) is 2. The van der Waals surface area contributed by atoms with Crippen LogP contribution in [0.25, 0.3) is 0 Å². The van der Waals surface area contributed by atoms with Gasteiger partial charge in [0.05, 0.1) is 13.2 Å². The molecule has 33 heavy (non-hydrogen) atoms. The number of aliphatic imine (C=N–C) groups is 1. The molecule has 7 nitrogen and oxygen atoms in total. The topological polar surface area (TPSA) is 65.0 Å². The molecule has 1 aliphatic carbocycles. The van der Waals surface area contributed by atoms with Crippen molar-refractivity contribution in [1.29, 1.82) is 0 Å². The van der Waals surface area contributed by atoms with Crippen molar-refractivity contribution in [3.05, 3.63) is 23.9 Å². The van der Waals surface area contributed by atoms with Crippen LogP contribution in [0.3, 0.4) is 0 Å². The molecule has 0 spiro atoms. The van der Waals surface area contributed by atoms with Gasteiger partial charge in [-0.25, -0.2) is 4.98 Å². The Bertz CT molecular complexity index is 723. The van der Waals surface area contributed by atoms with E-state index in [0.29, 0.717) is 0 Å². The number of pyridine rings is 1. The number of ether oxygens (including phenoxy) is 1. The van der Waals surface area contributed by atoms with E-state index in [1.54, 1.807) is 0 Å². The summed E-state index contributed by atoms with van der Waals surface area (Å²) < 4.78 is 5.61. The van der Waals surface area contributed by atoms with Gasteiger partial charge in [-0.3, -0.25) is 9.89 Å². The second kappa shape index (κ2) is 13.1. The highest BCUT2D eigenvalue weighted by atomic mass is 127. The minimum atomic E-state index is 0. The Balaban J connectivity index is 0.00000306. The fourth-order valence-electron chi connectivity index (χ4n) is 5.45. The highest BCUT2D eigenvalue weighted by molar-refractivity contribution is 14.0. The molecular weight excluding hydrogens is 527 g/mol. The third-order valence-electron chi connectivity index (χ3n) is 7.65. The number of guanidine groups is 1. The number of morpholine rings is 1. The number of halogens is 1. The molecule has 3 heterocycles. The van der Waals surface area contributed by atoms with Gasteiger partial charge in [-0.15, -0.1) is 24.0 Å². The lowest BCUT2D eigenvalue weighted by atomic mass is 9.80. The quantitative estimate of drug-likeness (QED) is 0.310. The Kier molecular flexibility index (Phi) is 10.5. The van der Waals surface area contributed by atoms with E-state index in [-0.39, 0.29) is 29.5 Å². The summed E-state index contributed by atoms with van der Waals surface area (Å²) in [5.41, 5.74) is 1.41. The molecule has 186 valence electrons. The first kappa shape index (κ1) is 26.5. The molecule has 0 aromatic carbocycles. The highest BCUT2D eigenvalue weighted by Crippen LogP contribution is 2.33. The first-order valence-corrected chi connectivity index (χ1v) is 12.7. The molecular formula is C25H43IN6O. The molecule has 0 radical (unpaired) electrons. The fraction of sp³-hybridized carbons (Fsp3) is 0.760. The van der Waals surface area contributed by atoms with Gasteiger partial charge < -0.3 is 20.3 Å². The molecule has 3 aliphatic rings. The molecule has 2 N–H and O–H groups in total. The molecule has 8 heteroatoms. The summed E-state index contributed by atoms with van der Waals surface area (Å²) in [6.07, 6.45) is 11.0. The smallest absolute Gasteiger partial charge is 0.191 e. The van der Waals surface area contributed by atoms with Crippen LogP contribution in [0.5, 0.6) is 0 Å². The first-order valence-electron chi connectivity index (χ1n) is 12.7. The molecule has 0 atom stereocenters. The van der Waals surface area contributed by atoms with Crippen LogP contribution in [0.2, 0.25) is 0 Å². The number of hydrogen-bond acceptors (Lipinski definition) is 5. The SMILES string of the molecule is CN=C(NCc1ccc(N2CCC(C)CC2)nc1)NCC1(N2CCOCC2)CCCCC1.I. The van der Waals surface area contributed by atoms with Crippen LogP contribution in [0.1, 0.15) is 57.4 Å². The van der Waals surface area contributed by atoms with E-state index in [4.69, 9.17) is 9.72 Å². The molecule has 0 unspecified atom stereocenters. The van der Waals surface area contributed by atoms with Crippen LogP contribution in [-0.4, -0.2) is 74.4 Å². The Labute approximate surface area is 217 Å². The van der Waals surface area contributed by atoms with Gasteiger partial charge >= 0.3 is 0 Å². The molecule has 0 amide bonds. The van der Waals surface area contributed by atoms with Crippen LogP contribution in [0.15, 0.2) is 23.3 Å². The summed E-state index contributed by atoms with van der Waals surface area (Å²) in [5.74, 6) is 2.81. The Morgan fingerprint density at radius 3 is 2.45 bits per heavy atom. The Hall–Kier alpha value is -1.13. The average Bonchev–Trinajstić information content (AvgIpc) is 2.86. The number of rotatable bonds is 6. The number of hydrogen-bond donors (Lipinski definition) is 2. The lowest BCUT2D eigenvalue weighted by Gasteiger charge is -2.48. The van der Waals surface area contributed by atoms with Gasteiger partial charge in [-0.2, -0.15) is 0 Å². The summed E-state index contributed by atoms with van der Waals surface area (Å²) >= 11 is 0. The van der Waals surface area contributed by atoms with Crippen molar-refractivity contribution in [2.45, 2.75) is 64.0 Å². The van der Waals surface area contributed by atoms with Crippen molar-refractivity contribution in [3.63, 3.8) is 0 Å². The normalized spacial score (nSPS) is 22.5. The zero-order valence-corrected chi connectivity index (χ0v) is 22.9. The van der Waals surface area contributed by atoms with Crippen molar-refractivity contribution in [3.8, 4) is 0 Å². The predicted octanol–water partition coefficient (Wildman–Crippen LogP) is 3.64. The zero-order chi connectivity index (χ0) is 22.2. The summed E-state index contributed by atoms with van der Waals surface area (Å²) in [7, 11) is 1.86. The summed E-state index contributed by atoms with van der Waals surface area (Å²) in [6.45, 7) is 10.1. The van der Waals surface area contributed by atoms with Crippen LogP contribution in [0, 0.1) is 5.92 Å². The Morgan fingerprint density at radius 1 is 1.09 bits per heavy atom.